The van der Waals surface area contributed by atoms with E-state index in [2.05, 4.69) is 79.7 Å². The highest BCUT2D eigenvalue weighted by atomic mass is 31.2. The molecule has 0 aliphatic rings. The Kier molecular flexibility index (Phi) is 6.72. The van der Waals surface area contributed by atoms with Gasteiger partial charge in [-0.3, -0.25) is 0 Å². The molecule has 0 spiro atoms. The second kappa shape index (κ2) is 6.97. The van der Waals surface area contributed by atoms with E-state index in [1.54, 1.807) is 0 Å². The molecule has 0 aromatic carbocycles. The first-order valence-corrected chi connectivity index (χ1v) is 8.15. The topological polar surface area (TPSA) is 0 Å². The third-order valence-electron chi connectivity index (χ3n) is 3.79. The third kappa shape index (κ3) is 2.80. The van der Waals surface area contributed by atoms with Crippen molar-refractivity contribution in [2.24, 2.45) is 0 Å². The molecular formula is C16H28P+. The van der Waals surface area contributed by atoms with Gasteiger partial charge in [0.1, 0.15) is 7.26 Å². The molecule has 0 aromatic rings. The number of allylic oxidation sites excluding steroid dienone is 8. The van der Waals surface area contributed by atoms with Gasteiger partial charge < -0.3 is 0 Å². The van der Waals surface area contributed by atoms with Crippen LogP contribution in [-0.4, -0.2) is 0 Å². The molecule has 0 unspecified atom stereocenters. The number of hydrogen-bond acceptors (Lipinski definition) is 0. The summed E-state index contributed by atoms with van der Waals surface area (Å²) in [4.78, 5) is 0. The fourth-order valence-electron chi connectivity index (χ4n) is 2.44. The lowest BCUT2D eigenvalue weighted by Crippen LogP contribution is -2.00. The molecular weight excluding hydrogens is 223 g/mol. The van der Waals surface area contributed by atoms with Crippen LogP contribution in [0.1, 0.15) is 55.4 Å². The summed E-state index contributed by atoms with van der Waals surface area (Å²) in [5, 5.41) is 6.05. The van der Waals surface area contributed by atoms with E-state index in [9.17, 15) is 0 Å². The van der Waals surface area contributed by atoms with Crippen LogP contribution in [-0.2, 0) is 0 Å². The van der Waals surface area contributed by atoms with Gasteiger partial charge in [0.05, 0.1) is 21.3 Å². The molecule has 0 atom stereocenters. The molecule has 0 radical (unpaired) electrons. The zero-order chi connectivity index (χ0) is 13.6. The van der Waals surface area contributed by atoms with Crippen molar-refractivity contribution in [1.29, 1.82) is 0 Å². The summed E-state index contributed by atoms with van der Waals surface area (Å²) in [5.41, 5.74) is 0. The normalized spacial score (nSPS) is 19.3. The molecule has 0 aliphatic carbocycles. The molecule has 0 aromatic heterocycles. The highest BCUT2D eigenvalue weighted by Gasteiger charge is 2.45. The molecule has 0 bridgehead atoms. The monoisotopic (exact) mass is 251 g/mol. The highest BCUT2D eigenvalue weighted by Crippen LogP contribution is 2.81. The number of hydrogen-bond donors (Lipinski definition) is 0. The molecule has 0 rings (SSSR count). The molecule has 0 N–H and O–H groups in total. The van der Waals surface area contributed by atoms with Crippen LogP contribution < -0.4 is 0 Å². The summed E-state index contributed by atoms with van der Waals surface area (Å²) in [6, 6.07) is 0. The van der Waals surface area contributed by atoms with Crippen molar-refractivity contribution in [1.82, 2.24) is 0 Å². The van der Waals surface area contributed by atoms with Crippen molar-refractivity contribution < 1.29 is 0 Å². The standard InChI is InChI=1S/C16H28P/c1-9-13(5)17(14(6)10-2,15(7)11-3)16(8)12-4/h9-12H,1-8H3/q+1. The van der Waals surface area contributed by atoms with Crippen molar-refractivity contribution >= 4 is 7.26 Å². The molecule has 0 amide bonds. The highest BCUT2D eigenvalue weighted by molar-refractivity contribution is 7.90. The lowest BCUT2D eigenvalue weighted by molar-refractivity contribution is 1.43. The lowest BCUT2D eigenvalue weighted by atomic mass is 10.5. The minimum absolute atomic E-state index is 1.42. The van der Waals surface area contributed by atoms with Crippen molar-refractivity contribution in [3.8, 4) is 0 Å². The van der Waals surface area contributed by atoms with E-state index in [0.29, 0.717) is 0 Å². The van der Waals surface area contributed by atoms with Crippen molar-refractivity contribution in [2.75, 3.05) is 0 Å². The Balaban J connectivity index is 6.31. The van der Waals surface area contributed by atoms with Gasteiger partial charge in [0.25, 0.3) is 0 Å². The Hall–Kier alpha value is -0.610. The molecule has 0 saturated heterocycles. The lowest BCUT2D eigenvalue weighted by Gasteiger charge is -2.29. The SMILES string of the molecule is CC=C(C)[P+](C(C)=CC)(C(C)=CC)C(C)=CC. The van der Waals surface area contributed by atoms with Crippen molar-refractivity contribution in [3.63, 3.8) is 0 Å². The Morgan fingerprint density at radius 2 is 0.706 bits per heavy atom. The maximum absolute atomic E-state index is 2.28. The zero-order valence-corrected chi connectivity index (χ0v) is 13.7. The summed E-state index contributed by atoms with van der Waals surface area (Å²) in [5.74, 6) is 0. The Morgan fingerprint density at radius 1 is 0.529 bits per heavy atom. The fraction of sp³-hybridized carbons (Fsp3) is 0.500. The van der Waals surface area contributed by atoms with E-state index in [0.717, 1.165) is 0 Å². The average molecular weight is 251 g/mol. The average Bonchev–Trinajstić information content (AvgIpc) is 2.37. The molecule has 0 nitrogen and oxygen atoms in total. The Morgan fingerprint density at radius 3 is 0.824 bits per heavy atom. The smallest absolute Gasteiger partial charge is 0.0486 e. The first-order chi connectivity index (χ1) is 7.93. The Labute approximate surface area is 109 Å². The van der Waals surface area contributed by atoms with Crippen LogP contribution in [0.15, 0.2) is 45.6 Å². The van der Waals surface area contributed by atoms with Crippen LogP contribution in [0.3, 0.4) is 0 Å². The summed E-state index contributed by atoms with van der Waals surface area (Å²) in [6.45, 7) is 17.7. The summed E-state index contributed by atoms with van der Waals surface area (Å²) in [7, 11) is -1.42. The first-order valence-electron chi connectivity index (χ1n) is 6.36. The van der Waals surface area contributed by atoms with Gasteiger partial charge >= 0.3 is 0 Å². The van der Waals surface area contributed by atoms with Gasteiger partial charge in [0, 0.05) is 0 Å². The second-order valence-electron chi connectivity index (χ2n) is 4.39. The maximum atomic E-state index is 2.28. The van der Waals surface area contributed by atoms with Crippen LogP contribution in [0.4, 0.5) is 0 Å². The van der Waals surface area contributed by atoms with E-state index in [4.69, 9.17) is 0 Å². The van der Waals surface area contributed by atoms with E-state index in [-0.39, 0.29) is 0 Å². The van der Waals surface area contributed by atoms with Gasteiger partial charge in [0.15, 0.2) is 0 Å². The first kappa shape index (κ1) is 16.4. The molecule has 0 aliphatic heterocycles. The zero-order valence-electron chi connectivity index (χ0n) is 12.8. The minimum Gasteiger partial charge on any atom is -0.0486 e. The maximum Gasteiger partial charge on any atom is 0.124 e. The van der Waals surface area contributed by atoms with E-state index in [1.807, 2.05) is 0 Å². The summed E-state index contributed by atoms with van der Waals surface area (Å²) < 4.78 is 0. The summed E-state index contributed by atoms with van der Waals surface area (Å²) >= 11 is 0. The van der Waals surface area contributed by atoms with E-state index < -0.39 is 7.26 Å². The number of rotatable bonds is 4. The molecule has 0 fully saturated rings. The molecule has 1 heteroatoms. The van der Waals surface area contributed by atoms with Crippen LogP contribution in [0.25, 0.3) is 0 Å². The molecule has 0 heterocycles. The van der Waals surface area contributed by atoms with Gasteiger partial charge in [-0.1, -0.05) is 0 Å². The molecule has 96 valence electrons. The van der Waals surface area contributed by atoms with Crippen molar-refractivity contribution in [3.05, 3.63) is 45.6 Å². The quantitative estimate of drug-likeness (QED) is 0.488. The van der Waals surface area contributed by atoms with Crippen LogP contribution in [0.2, 0.25) is 0 Å². The van der Waals surface area contributed by atoms with Crippen LogP contribution in [0.5, 0.6) is 0 Å². The van der Waals surface area contributed by atoms with Crippen molar-refractivity contribution in [2.45, 2.75) is 55.4 Å². The fourth-order valence-corrected chi connectivity index (χ4v) is 7.33. The van der Waals surface area contributed by atoms with Gasteiger partial charge in [-0.2, -0.15) is 0 Å². The van der Waals surface area contributed by atoms with E-state index in [1.165, 1.54) is 21.3 Å². The second-order valence-corrected chi connectivity index (χ2v) is 8.55. The summed E-state index contributed by atoms with van der Waals surface area (Å²) in [6.07, 6.45) is 9.11. The molecule has 17 heavy (non-hydrogen) atoms. The Bertz CT molecular complexity index is 301. The largest absolute Gasteiger partial charge is 0.124 e. The van der Waals surface area contributed by atoms with Gasteiger partial charge in [-0.05, 0) is 79.7 Å². The minimum atomic E-state index is -1.42. The predicted octanol–water partition coefficient (Wildman–Crippen LogP) is 6.70. The third-order valence-corrected chi connectivity index (χ3v) is 9.05. The predicted molar refractivity (Wildman–Crippen MR) is 84.6 cm³/mol. The van der Waals surface area contributed by atoms with Crippen LogP contribution >= 0.6 is 7.26 Å². The molecule has 0 saturated carbocycles. The van der Waals surface area contributed by atoms with E-state index >= 15 is 0 Å². The van der Waals surface area contributed by atoms with Gasteiger partial charge in [-0.25, -0.2) is 0 Å². The van der Waals surface area contributed by atoms with Gasteiger partial charge in [-0.15, -0.1) is 0 Å². The van der Waals surface area contributed by atoms with Gasteiger partial charge in [0.2, 0.25) is 0 Å². The van der Waals surface area contributed by atoms with Crippen LogP contribution in [0, 0.1) is 0 Å².